The van der Waals surface area contributed by atoms with Gasteiger partial charge in [0.15, 0.2) is 11.6 Å². The molecule has 3 aromatic carbocycles. The quantitative estimate of drug-likeness (QED) is 0.136. The fourth-order valence-corrected chi connectivity index (χ4v) is 7.45. The summed E-state index contributed by atoms with van der Waals surface area (Å²) in [6.45, 7) is 6.17. The first-order chi connectivity index (χ1) is 21.5. The van der Waals surface area contributed by atoms with Crippen LogP contribution in [0.15, 0.2) is 73.3 Å². The molecule has 0 aromatic heterocycles. The van der Waals surface area contributed by atoms with E-state index in [4.69, 9.17) is 0 Å². The van der Waals surface area contributed by atoms with Crippen molar-refractivity contribution in [2.75, 3.05) is 0 Å². The Morgan fingerprint density at radius 1 is 0.682 bits per heavy atom. The minimum atomic E-state index is -0.791. The number of hydrogen-bond acceptors (Lipinski definition) is 0. The Morgan fingerprint density at radius 3 is 2.00 bits per heavy atom. The topological polar surface area (TPSA) is 0 Å². The predicted molar refractivity (Wildman–Crippen MR) is 180 cm³/mol. The number of benzene rings is 3. The Bertz CT molecular complexity index is 1410. The van der Waals surface area contributed by atoms with Crippen LogP contribution in [0, 0.1) is 35.2 Å². The molecule has 0 spiro atoms. The molecule has 1 atom stereocenters. The highest BCUT2D eigenvalue weighted by Crippen LogP contribution is 2.42. The summed E-state index contributed by atoms with van der Waals surface area (Å²) in [7, 11) is 0. The van der Waals surface area contributed by atoms with Gasteiger partial charge in [-0.15, -0.1) is 6.58 Å². The molecule has 3 aromatic rings. The summed E-state index contributed by atoms with van der Waals surface area (Å²) in [6.07, 6.45) is 21.2. The van der Waals surface area contributed by atoms with Crippen LogP contribution in [0.25, 0.3) is 27.8 Å². The molecule has 1 unspecified atom stereocenters. The van der Waals surface area contributed by atoms with Crippen LogP contribution in [0.3, 0.4) is 0 Å². The van der Waals surface area contributed by atoms with Gasteiger partial charge in [-0.2, -0.15) is 0 Å². The fourth-order valence-electron chi connectivity index (χ4n) is 7.45. The van der Waals surface area contributed by atoms with Crippen molar-refractivity contribution in [1.82, 2.24) is 0 Å². The lowest BCUT2D eigenvalue weighted by Gasteiger charge is -2.34. The van der Waals surface area contributed by atoms with Gasteiger partial charge >= 0.3 is 0 Å². The molecular weight excluding hydrogens is 549 g/mol. The lowest BCUT2D eigenvalue weighted by Crippen LogP contribution is -2.22. The third-order valence-electron chi connectivity index (χ3n) is 10.3. The van der Waals surface area contributed by atoms with Crippen molar-refractivity contribution in [3.8, 4) is 22.3 Å². The van der Waals surface area contributed by atoms with Crippen molar-refractivity contribution in [3.05, 3.63) is 102 Å². The second-order valence-electron chi connectivity index (χ2n) is 13.2. The van der Waals surface area contributed by atoms with E-state index in [-0.39, 0.29) is 11.4 Å². The van der Waals surface area contributed by atoms with Crippen LogP contribution in [-0.4, -0.2) is 0 Å². The molecule has 44 heavy (non-hydrogen) atoms. The van der Waals surface area contributed by atoms with Gasteiger partial charge in [-0.25, -0.2) is 13.2 Å². The summed E-state index contributed by atoms with van der Waals surface area (Å²) in [6, 6.07) is 16.2. The monoisotopic (exact) mass is 598 g/mol. The highest BCUT2D eigenvalue weighted by atomic mass is 19.2. The number of rotatable bonds is 13. The third kappa shape index (κ3) is 7.95. The van der Waals surface area contributed by atoms with Crippen LogP contribution >= 0.6 is 0 Å². The molecule has 0 radical (unpaired) electrons. The molecular formula is C41H49F3. The van der Waals surface area contributed by atoms with Crippen LogP contribution < -0.4 is 0 Å². The maximum Gasteiger partial charge on any atom is 0.166 e. The standard InChI is InChI=1S/C41H49F3/c1-3-5-6-7-8-9-10-11-35-24-27-38(41(44)40(35)43)34-22-18-32(19-23-34)36-25-26-37(39(42)28-36)33-20-16-31(17-21-33)30-14-12-29(4-2)13-15-30/h4,18-20,22-31H,2-3,5-17,21H2,1H3. The highest BCUT2D eigenvalue weighted by molar-refractivity contribution is 5.74. The van der Waals surface area contributed by atoms with E-state index in [0.717, 1.165) is 61.1 Å². The SMILES string of the molecule is C=CC1CCC(C2CC=C(c3ccc(-c4ccc(-c5ccc(CCCCCCCCC)c(F)c5F)cc4)cc3F)CC2)CC1. The predicted octanol–water partition coefficient (Wildman–Crippen LogP) is 12.9. The van der Waals surface area contributed by atoms with Gasteiger partial charge in [0.2, 0.25) is 0 Å². The molecule has 234 valence electrons. The molecule has 2 aliphatic carbocycles. The zero-order valence-electron chi connectivity index (χ0n) is 26.5. The van der Waals surface area contributed by atoms with Gasteiger partial charge in [0.1, 0.15) is 5.82 Å². The lowest BCUT2D eigenvalue weighted by molar-refractivity contribution is 0.212. The molecule has 0 saturated heterocycles. The van der Waals surface area contributed by atoms with Gasteiger partial charge in [-0.3, -0.25) is 0 Å². The molecule has 5 rings (SSSR count). The van der Waals surface area contributed by atoms with Gasteiger partial charge in [-0.05, 0) is 109 Å². The van der Waals surface area contributed by atoms with E-state index < -0.39 is 11.6 Å². The van der Waals surface area contributed by atoms with Crippen molar-refractivity contribution in [2.45, 2.75) is 103 Å². The van der Waals surface area contributed by atoms with Crippen molar-refractivity contribution >= 4 is 5.57 Å². The molecule has 0 amide bonds. The molecule has 0 aliphatic heterocycles. The largest absolute Gasteiger partial charge is 0.206 e. The molecule has 0 nitrogen and oxygen atoms in total. The molecule has 1 fully saturated rings. The zero-order valence-corrected chi connectivity index (χ0v) is 26.5. The van der Waals surface area contributed by atoms with E-state index >= 15 is 8.78 Å². The first-order valence-corrected chi connectivity index (χ1v) is 17.2. The van der Waals surface area contributed by atoms with E-state index in [1.54, 1.807) is 30.3 Å². The summed E-state index contributed by atoms with van der Waals surface area (Å²) in [4.78, 5) is 0. The number of allylic oxidation sites excluding steroid dienone is 3. The zero-order chi connectivity index (χ0) is 30.9. The Balaban J connectivity index is 1.19. The number of unbranched alkanes of at least 4 members (excludes halogenated alkanes) is 6. The minimum Gasteiger partial charge on any atom is -0.206 e. The lowest BCUT2D eigenvalue weighted by atomic mass is 9.71. The van der Waals surface area contributed by atoms with E-state index in [1.807, 2.05) is 24.3 Å². The van der Waals surface area contributed by atoms with Gasteiger partial charge in [0, 0.05) is 11.1 Å². The number of halogens is 3. The second kappa shape index (κ2) is 15.8. The van der Waals surface area contributed by atoms with Crippen LogP contribution in [-0.2, 0) is 6.42 Å². The molecule has 0 bridgehead atoms. The van der Waals surface area contributed by atoms with Crippen LogP contribution in [0.5, 0.6) is 0 Å². The maximum absolute atomic E-state index is 15.4. The first-order valence-electron chi connectivity index (χ1n) is 17.2. The second-order valence-corrected chi connectivity index (χ2v) is 13.2. The maximum atomic E-state index is 15.4. The molecule has 3 heteroatoms. The van der Waals surface area contributed by atoms with Crippen LogP contribution in [0.1, 0.15) is 108 Å². The van der Waals surface area contributed by atoms with Crippen molar-refractivity contribution in [3.63, 3.8) is 0 Å². The Morgan fingerprint density at radius 2 is 1.34 bits per heavy atom. The normalized spacial score (nSPS) is 20.4. The van der Waals surface area contributed by atoms with Crippen molar-refractivity contribution in [2.24, 2.45) is 17.8 Å². The van der Waals surface area contributed by atoms with E-state index in [0.29, 0.717) is 34.9 Å². The van der Waals surface area contributed by atoms with Crippen molar-refractivity contribution in [1.29, 1.82) is 0 Å². The Labute approximate surface area is 263 Å². The van der Waals surface area contributed by atoms with Gasteiger partial charge in [0.05, 0.1) is 0 Å². The fraction of sp³-hybridized carbons (Fsp3) is 0.463. The average molecular weight is 599 g/mol. The summed E-state index contributed by atoms with van der Waals surface area (Å²) in [5.74, 6) is 0.457. The Hall–Kier alpha value is -3.07. The average Bonchev–Trinajstić information content (AvgIpc) is 3.06. The molecule has 0 heterocycles. The summed E-state index contributed by atoms with van der Waals surface area (Å²) < 4.78 is 45.4. The summed E-state index contributed by atoms with van der Waals surface area (Å²) in [5.41, 5.74) is 4.78. The first kappa shape index (κ1) is 32.3. The summed E-state index contributed by atoms with van der Waals surface area (Å²) >= 11 is 0. The Kier molecular flexibility index (Phi) is 11.6. The molecule has 0 N–H and O–H groups in total. The smallest absolute Gasteiger partial charge is 0.166 e. The van der Waals surface area contributed by atoms with E-state index in [9.17, 15) is 4.39 Å². The minimum absolute atomic E-state index is 0.201. The number of hydrogen-bond donors (Lipinski definition) is 0. The number of aryl methyl sites for hydroxylation is 1. The highest BCUT2D eigenvalue weighted by Gasteiger charge is 2.28. The van der Waals surface area contributed by atoms with Crippen LogP contribution in [0.2, 0.25) is 0 Å². The van der Waals surface area contributed by atoms with Gasteiger partial charge in [-0.1, -0.05) is 106 Å². The molecule has 2 aliphatic rings. The van der Waals surface area contributed by atoms with Crippen molar-refractivity contribution < 1.29 is 13.2 Å². The van der Waals surface area contributed by atoms with E-state index in [2.05, 4.69) is 25.7 Å². The van der Waals surface area contributed by atoms with Crippen LogP contribution in [0.4, 0.5) is 13.2 Å². The van der Waals surface area contributed by atoms with Gasteiger partial charge < -0.3 is 0 Å². The van der Waals surface area contributed by atoms with Gasteiger partial charge in [0.25, 0.3) is 0 Å². The molecule has 1 saturated carbocycles. The van der Waals surface area contributed by atoms with E-state index in [1.165, 1.54) is 51.4 Å². The summed E-state index contributed by atoms with van der Waals surface area (Å²) in [5, 5.41) is 0. The third-order valence-corrected chi connectivity index (χ3v) is 10.3.